The smallest absolute Gasteiger partial charge is 0.146 e. The van der Waals surface area contributed by atoms with Crippen LogP contribution in [0.2, 0.25) is 5.02 Å². The van der Waals surface area contributed by atoms with E-state index >= 15 is 0 Å². The number of hydrogen-bond acceptors (Lipinski definition) is 4. The minimum atomic E-state index is 0.416. The number of nitrogens with one attached hydrogen (secondary N) is 2. The van der Waals surface area contributed by atoms with Crippen LogP contribution in [-0.2, 0) is 0 Å². The average Bonchev–Trinajstić information content (AvgIpc) is 2.84. The molecule has 1 unspecified atom stereocenters. The summed E-state index contributed by atoms with van der Waals surface area (Å²) in [6, 6.07) is 3.66. The molecular formula is C12H15ClN4. The van der Waals surface area contributed by atoms with Crippen molar-refractivity contribution in [3.05, 3.63) is 22.8 Å². The molecule has 1 atom stereocenters. The Hall–Kier alpha value is -1.31. The number of anilines is 1. The molecule has 0 saturated carbocycles. The van der Waals surface area contributed by atoms with Crippen LogP contribution in [0.25, 0.3) is 0 Å². The summed E-state index contributed by atoms with van der Waals surface area (Å²) in [6.07, 6.45) is 3.94. The predicted octanol–water partition coefficient (Wildman–Crippen LogP) is 2.02. The van der Waals surface area contributed by atoms with Crippen molar-refractivity contribution in [3.63, 3.8) is 0 Å². The normalized spacial score (nSPS) is 18.9. The highest BCUT2D eigenvalue weighted by atomic mass is 35.5. The largest absolute Gasteiger partial charge is 0.369 e. The molecule has 0 amide bonds. The van der Waals surface area contributed by atoms with Crippen LogP contribution in [0.4, 0.5) is 5.82 Å². The highest BCUT2D eigenvalue weighted by Crippen LogP contribution is 2.23. The Morgan fingerprint density at radius 1 is 1.65 bits per heavy atom. The Morgan fingerprint density at radius 3 is 3.24 bits per heavy atom. The SMILES string of the molecule is N#Cc1ccnc(NCCC2CCNC2)c1Cl. The second-order valence-corrected chi connectivity index (χ2v) is 4.59. The fraction of sp³-hybridized carbons (Fsp3) is 0.500. The van der Waals surface area contributed by atoms with Gasteiger partial charge >= 0.3 is 0 Å². The quantitative estimate of drug-likeness (QED) is 0.858. The van der Waals surface area contributed by atoms with Gasteiger partial charge in [-0.1, -0.05) is 11.6 Å². The van der Waals surface area contributed by atoms with Crippen molar-refractivity contribution in [3.8, 4) is 6.07 Å². The molecule has 0 aromatic carbocycles. The topological polar surface area (TPSA) is 60.7 Å². The molecule has 0 radical (unpaired) electrons. The third kappa shape index (κ3) is 3.09. The van der Waals surface area contributed by atoms with Crippen LogP contribution in [0.15, 0.2) is 12.3 Å². The van der Waals surface area contributed by atoms with E-state index in [0.29, 0.717) is 16.4 Å². The molecule has 1 saturated heterocycles. The molecule has 0 aliphatic carbocycles. The van der Waals surface area contributed by atoms with E-state index in [9.17, 15) is 0 Å². The third-order valence-corrected chi connectivity index (χ3v) is 3.40. The molecule has 5 heteroatoms. The zero-order chi connectivity index (χ0) is 12.1. The second-order valence-electron chi connectivity index (χ2n) is 4.21. The lowest BCUT2D eigenvalue weighted by molar-refractivity contribution is 0.549. The second kappa shape index (κ2) is 5.85. The van der Waals surface area contributed by atoms with Gasteiger partial charge in [-0.25, -0.2) is 4.98 Å². The van der Waals surface area contributed by atoms with E-state index in [1.807, 2.05) is 6.07 Å². The predicted molar refractivity (Wildman–Crippen MR) is 68.0 cm³/mol. The standard InChI is InChI=1S/C12H15ClN4/c13-11-10(7-14)3-6-17-12(11)16-5-2-9-1-4-15-8-9/h3,6,9,15H,1-2,4-5,8H2,(H,16,17). The maximum Gasteiger partial charge on any atom is 0.146 e. The molecule has 2 rings (SSSR count). The molecule has 1 aliphatic heterocycles. The van der Waals surface area contributed by atoms with Crippen molar-refractivity contribution in [2.45, 2.75) is 12.8 Å². The molecule has 4 nitrogen and oxygen atoms in total. The van der Waals surface area contributed by atoms with Crippen LogP contribution >= 0.6 is 11.6 Å². The van der Waals surface area contributed by atoms with Crippen molar-refractivity contribution in [2.24, 2.45) is 5.92 Å². The van der Waals surface area contributed by atoms with Crippen molar-refractivity contribution < 1.29 is 0 Å². The lowest BCUT2D eigenvalue weighted by atomic mass is 10.1. The Kier molecular flexibility index (Phi) is 4.18. The number of nitrogens with zero attached hydrogens (tertiary/aromatic N) is 2. The molecule has 90 valence electrons. The first-order valence-electron chi connectivity index (χ1n) is 5.80. The van der Waals surface area contributed by atoms with Crippen molar-refractivity contribution in [1.82, 2.24) is 10.3 Å². The first-order chi connectivity index (χ1) is 8.31. The van der Waals surface area contributed by atoms with Crippen LogP contribution in [0.1, 0.15) is 18.4 Å². The minimum absolute atomic E-state index is 0.416. The first kappa shape index (κ1) is 12.2. The minimum Gasteiger partial charge on any atom is -0.369 e. The van der Waals surface area contributed by atoms with E-state index in [0.717, 1.165) is 32.0 Å². The summed E-state index contributed by atoms with van der Waals surface area (Å²) in [5.74, 6) is 1.34. The van der Waals surface area contributed by atoms with E-state index in [1.165, 1.54) is 6.42 Å². The number of rotatable bonds is 4. The number of aromatic nitrogens is 1. The monoisotopic (exact) mass is 250 g/mol. The average molecular weight is 251 g/mol. The van der Waals surface area contributed by atoms with Gasteiger partial charge in [0.2, 0.25) is 0 Å². The summed E-state index contributed by atoms with van der Waals surface area (Å²) < 4.78 is 0. The fourth-order valence-electron chi connectivity index (χ4n) is 2.01. The van der Waals surface area contributed by atoms with Gasteiger partial charge in [-0.3, -0.25) is 0 Å². The number of pyridine rings is 1. The van der Waals surface area contributed by atoms with E-state index in [2.05, 4.69) is 15.6 Å². The zero-order valence-corrected chi connectivity index (χ0v) is 10.3. The van der Waals surface area contributed by atoms with Crippen LogP contribution in [0.3, 0.4) is 0 Å². The third-order valence-electron chi connectivity index (χ3n) is 3.02. The molecule has 1 fully saturated rings. The number of hydrogen-bond donors (Lipinski definition) is 2. The molecule has 0 bridgehead atoms. The van der Waals surface area contributed by atoms with Crippen molar-refractivity contribution in [1.29, 1.82) is 5.26 Å². The van der Waals surface area contributed by atoms with Crippen molar-refractivity contribution >= 4 is 17.4 Å². The van der Waals surface area contributed by atoms with E-state index in [-0.39, 0.29) is 0 Å². The zero-order valence-electron chi connectivity index (χ0n) is 9.54. The van der Waals surface area contributed by atoms with Gasteiger partial charge in [-0.2, -0.15) is 5.26 Å². The number of halogens is 1. The van der Waals surface area contributed by atoms with E-state index in [1.54, 1.807) is 12.3 Å². The Balaban J connectivity index is 1.88. The van der Waals surface area contributed by atoms with Crippen LogP contribution < -0.4 is 10.6 Å². The summed E-state index contributed by atoms with van der Waals surface area (Å²) in [6.45, 7) is 3.06. The molecular weight excluding hydrogens is 236 g/mol. The molecule has 0 spiro atoms. The molecule has 2 N–H and O–H groups in total. The van der Waals surface area contributed by atoms with Gasteiger partial charge in [0.25, 0.3) is 0 Å². The first-order valence-corrected chi connectivity index (χ1v) is 6.18. The number of nitriles is 1. The van der Waals surface area contributed by atoms with Gasteiger partial charge in [0.1, 0.15) is 16.9 Å². The summed E-state index contributed by atoms with van der Waals surface area (Å²) in [5, 5.41) is 15.8. The van der Waals surface area contributed by atoms with E-state index < -0.39 is 0 Å². The summed E-state index contributed by atoms with van der Waals surface area (Å²) >= 11 is 6.04. The summed E-state index contributed by atoms with van der Waals surface area (Å²) in [4.78, 5) is 4.14. The lowest BCUT2D eigenvalue weighted by Gasteiger charge is -2.10. The van der Waals surface area contributed by atoms with Gasteiger partial charge in [0.15, 0.2) is 0 Å². The Labute approximate surface area is 106 Å². The van der Waals surface area contributed by atoms with Gasteiger partial charge in [0, 0.05) is 12.7 Å². The highest BCUT2D eigenvalue weighted by molar-refractivity contribution is 6.34. The maximum absolute atomic E-state index is 8.84. The fourth-order valence-corrected chi connectivity index (χ4v) is 2.23. The van der Waals surface area contributed by atoms with Gasteiger partial charge < -0.3 is 10.6 Å². The molecule has 1 aliphatic rings. The van der Waals surface area contributed by atoms with Crippen molar-refractivity contribution in [2.75, 3.05) is 25.0 Å². The highest BCUT2D eigenvalue weighted by Gasteiger charge is 2.14. The summed E-state index contributed by atoms with van der Waals surface area (Å²) in [7, 11) is 0. The van der Waals surface area contributed by atoms with Crippen LogP contribution in [0, 0.1) is 17.2 Å². The summed E-state index contributed by atoms with van der Waals surface area (Å²) in [5.41, 5.74) is 0.465. The Morgan fingerprint density at radius 2 is 2.53 bits per heavy atom. The lowest BCUT2D eigenvalue weighted by Crippen LogP contribution is -2.13. The van der Waals surface area contributed by atoms with Gasteiger partial charge in [-0.05, 0) is 37.9 Å². The van der Waals surface area contributed by atoms with E-state index in [4.69, 9.17) is 16.9 Å². The van der Waals surface area contributed by atoms with Crippen LogP contribution in [0.5, 0.6) is 0 Å². The molecule has 17 heavy (non-hydrogen) atoms. The molecule has 1 aromatic heterocycles. The van der Waals surface area contributed by atoms with Gasteiger partial charge in [0.05, 0.1) is 5.56 Å². The van der Waals surface area contributed by atoms with Gasteiger partial charge in [-0.15, -0.1) is 0 Å². The van der Waals surface area contributed by atoms with Crippen LogP contribution in [-0.4, -0.2) is 24.6 Å². The molecule has 1 aromatic rings. The Bertz CT molecular complexity index is 421. The maximum atomic E-state index is 8.84. The molecule has 2 heterocycles.